The topological polar surface area (TPSA) is 64.6 Å². The molecule has 0 N–H and O–H groups in total. The highest BCUT2D eigenvalue weighted by Crippen LogP contribution is 2.55. The molecular weight excluding hydrogens is 645 g/mol. The Hall–Kier alpha value is -3.14. The van der Waals surface area contributed by atoms with E-state index in [-0.39, 0.29) is 5.04 Å². The normalized spacial score (nSPS) is 17.8. The molecule has 1 saturated carbocycles. The first-order chi connectivity index (χ1) is 24.0. The van der Waals surface area contributed by atoms with Crippen molar-refractivity contribution in [2.45, 2.75) is 78.0 Å². The van der Waals surface area contributed by atoms with Gasteiger partial charge in [0, 0.05) is 13.2 Å². The van der Waals surface area contributed by atoms with Gasteiger partial charge in [-0.05, 0) is 108 Å². The minimum absolute atomic E-state index is 0.170. The Morgan fingerprint density at radius 3 is 1.50 bits per heavy atom. The zero-order chi connectivity index (χ0) is 36.0. The molecule has 0 aromatic heterocycles. The summed E-state index contributed by atoms with van der Waals surface area (Å²) in [5, 5.41) is 0.170. The predicted octanol–water partition coefficient (Wildman–Crippen LogP) is 9.64. The Kier molecular flexibility index (Phi) is 15.4. The van der Waals surface area contributed by atoms with E-state index in [2.05, 4.69) is 76.3 Å². The van der Waals surface area contributed by atoms with E-state index in [4.69, 9.17) is 32.8 Å². The number of hydrogen-bond acceptors (Lipinski definition) is 7. The molecule has 3 aromatic rings. The second kappa shape index (κ2) is 19.5. The number of benzene rings is 3. The number of methoxy groups -OCH3 is 3. The van der Waals surface area contributed by atoms with E-state index in [1.54, 1.807) is 21.3 Å². The van der Waals surface area contributed by atoms with Crippen LogP contribution in [0.25, 0.3) is 0 Å². The van der Waals surface area contributed by atoms with Crippen molar-refractivity contribution in [1.82, 2.24) is 0 Å². The largest absolute Gasteiger partial charge is 0.497 e. The summed E-state index contributed by atoms with van der Waals surface area (Å²) in [4.78, 5) is 0. The zero-order valence-corrected chi connectivity index (χ0v) is 32.7. The average Bonchev–Trinajstić information content (AvgIpc) is 3.82. The third kappa shape index (κ3) is 12.3. The van der Waals surface area contributed by atoms with Gasteiger partial charge in [0.15, 0.2) is 8.32 Å². The molecule has 4 rings (SSSR count). The van der Waals surface area contributed by atoms with E-state index in [0.29, 0.717) is 50.8 Å². The summed E-state index contributed by atoms with van der Waals surface area (Å²) in [6.07, 6.45) is 5.16. The van der Waals surface area contributed by atoms with Crippen LogP contribution in [0.1, 0.15) is 56.7 Å². The van der Waals surface area contributed by atoms with Gasteiger partial charge in [-0.3, -0.25) is 0 Å². The third-order valence-electron chi connectivity index (χ3n) is 10.3. The van der Waals surface area contributed by atoms with Crippen LogP contribution in [0, 0.1) is 17.8 Å². The SMILES string of the molecule is COc1ccc(COCC/C=C(\CCOCc2ccc(OC)cc2)C2C(CCOCc3ccc(OC)cc3)C2CO[Si](C)(C)C(C)(C)C)cc1. The first-order valence-electron chi connectivity index (χ1n) is 18.0. The summed E-state index contributed by atoms with van der Waals surface area (Å²) >= 11 is 0. The molecular formula is C42H60O7Si. The molecule has 274 valence electrons. The fraction of sp³-hybridized carbons (Fsp3) is 0.524. The Morgan fingerprint density at radius 1 is 0.620 bits per heavy atom. The van der Waals surface area contributed by atoms with Crippen molar-refractivity contribution < 1.29 is 32.8 Å². The molecule has 0 spiro atoms. The van der Waals surface area contributed by atoms with E-state index in [1.165, 1.54) is 5.57 Å². The van der Waals surface area contributed by atoms with Crippen molar-refractivity contribution in [2.24, 2.45) is 17.8 Å². The third-order valence-corrected chi connectivity index (χ3v) is 14.8. The summed E-state index contributed by atoms with van der Waals surface area (Å²) < 4.78 is 41.2. The summed E-state index contributed by atoms with van der Waals surface area (Å²) in [7, 11) is 3.18. The van der Waals surface area contributed by atoms with Gasteiger partial charge in [0.1, 0.15) is 17.2 Å². The van der Waals surface area contributed by atoms with Crippen LogP contribution in [0.5, 0.6) is 17.2 Å². The van der Waals surface area contributed by atoms with Crippen molar-refractivity contribution in [1.29, 1.82) is 0 Å². The Morgan fingerprint density at radius 2 is 1.06 bits per heavy atom. The average molecular weight is 705 g/mol. The van der Waals surface area contributed by atoms with Gasteiger partial charge in [-0.1, -0.05) is 68.8 Å². The minimum Gasteiger partial charge on any atom is -0.497 e. The van der Waals surface area contributed by atoms with E-state index < -0.39 is 8.32 Å². The molecule has 50 heavy (non-hydrogen) atoms. The molecule has 3 unspecified atom stereocenters. The molecule has 0 aliphatic heterocycles. The van der Waals surface area contributed by atoms with Crippen LogP contribution in [0.2, 0.25) is 18.1 Å². The van der Waals surface area contributed by atoms with Gasteiger partial charge in [0.05, 0.1) is 54.4 Å². The lowest BCUT2D eigenvalue weighted by molar-refractivity contribution is 0.112. The van der Waals surface area contributed by atoms with E-state index in [1.807, 2.05) is 36.4 Å². The fourth-order valence-electron chi connectivity index (χ4n) is 6.01. The molecule has 1 aliphatic carbocycles. The standard InChI is InChI=1S/C42H60O7Si/c1-42(2,3)50(7,8)49-31-40-39(24-27-48-30-34-15-21-38(45-6)22-16-34)41(40)35(23-26-47-29-33-13-19-37(44-5)20-14-33)10-9-25-46-28-32-11-17-36(43-4)18-12-32/h10-22,39-41H,9,23-31H2,1-8H3/b35-10+. The molecule has 8 heteroatoms. The second-order valence-electron chi connectivity index (χ2n) is 14.7. The molecule has 0 bridgehead atoms. The van der Waals surface area contributed by atoms with Crippen molar-refractivity contribution in [3.8, 4) is 17.2 Å². The van der Waals surface area contributed by atoms with Gasteiger partial charge in [0.2, 0.25) is 0 Å². The highest BCUT2D eigenvalue weighted by Gasteiger charge is 2.52. The van der Waals surface area contributed by atoms with Gasteiger partial charge >= 0.3 is 0 Å². The molecule has 0 amide bonds. The number of hydrogen-bond donors (Lipinski definition) is 0. The predicted molar refractivity (Wildman–Crippen MR) is 204 cm³/mol. The molecule has 3 aromatic carbocycles. The zero-order valence-electron chi connectivity index (χ0n) is 31.7. The Labute approximate surface area is 302 Å². The lowest BCUT2D eigenvalue weighted by Gasteiger charge is -2.36. The van der Waals surface area contributed by atoms with Crippen LogP contribution in [0.4, 0.5) is 0 Å². The van der Waals surface area contributed by atoms with Gasteiger partial charge < -0.3 is 32.8 Å². The maximum absolute atomic E-state index is 6.82. The van der Waals surface area contributed by atoms with Crippen LogP contribution >= 0.6 is 0 Å². The molecule has 0 heterocycles. The quantitative estimate of drug-likeness (QED) is 0.0586. The van der Waals surface area contributed by atoms with E-state index in [0.717, 1.165) is 66.4 Å². The first kappa shape index (κ1) is 39.6. The summed E-state index contributed by atoms with van der Waals surface area (Å²) in [6, 6.07) is 24.2. The molecule has 7 nitrogen and oxygen atoms in total. The molecule has 3 atom stereocenters. The number of ether oxygens (including phenoxy) is 6. The van der Waals surface area contributed by atoms with E-state index >= 15 is 0 Å². The summed E-state index contributed by atoms with van der Waals surface area (Å²) in [5.41, 5.74) is 4.89. The van der Waals surface area contributed by atoms with Crippen LogP contribution in [-0.4, -0.2) is 56.1 Å². The monoisotopic (exact) mass is 704 g/mol. The van der Waals surface area contributed by atoms with Gasteiger partial charge in [0.25, 0.3) is 0 Å². The molecule has 1 aliphatic rings. The molecule has 1 fully saturated rings. The lowest BCUT2D eigenvalue weighted by Crippen LogP contribution is -2.41. The lowest BCUT2D eigenvalue weighted by atomic mass is 10.0. The maximum Gasteiger partial charge on any atom is 0.191 e. The highest BCUT2D eigenvalue weighted by atomic mass is 28.4. The van der Waals surface area contributed by atoms with Crippen molar-refractivity contribution >= 4 is 8.32 Å². The van der Waals surface area contributed by atoms with Crippen LogP contribution in [0.15, 0.2) is 84.4 Å². The number of rotatable bonds is 22. The van der Waals surface area contributed by atoms with E-state index in [9.17, 15) is 0 Å². The minimum atomic E-state index is -1.88. The van der Waals surface area contributed by atoms with Crippen LogP contribution < -0.4 is 14.2 Å². The Bertz CT molecular complexity index is 1430. The van der Waals surface area contributed by atoms with Crippen molar-refractivity contribution in [3.05, 3.63) is 101 Å². The van der Waals surface area contributed by atoms with Gasteiger partial charge in [-0.15, -0.1) is 0 Å². The fourth-order valence-corrected chi connectivity index (χ4v) is 7.06. The van der Waals surface area contributed by atoms with Crippen molar-refractivity contribution in [2.75, 3.05) is 47.8 Å². The van der Waals surface area contributed by atoms with Crippen LogP contribution in [-0.2, 0) is 38.5 Å². The summed E-state index contributed by atoms with van der Waals surface area (Å²) in [5.74, 6) is 4.01. The van der Waals surface area contributed by atoms with Crippen molar-refractivity contribution in [3.63, 3.8) is 0 Å². The van der Waals surface area contributed by atoms with Crippen LogP contribution in [0.3, 0.4) is 0 Å². The Balaban J connectivity index is 1.39. The molecule has 0 radical (unpaired) electrons. The smallest absolute Gasteiger partial charge is 0.191 e. The maximum atomic E-state index is 6.82. The molecule has 0 saturated heterocycles. The summed E-state index contributed by atoms with van der Waals surface area (Å²) in [6.45, 7) is 16.2. The first-order valence-corrected chi connectivity index (χ1v) is 20.9. The van der Waals surface area contributed by atoms with Gasteiger partial charge in [-0.2, -0.15) is 0 Å². The van der Waals surface area contributed by atoms with Gasteiger partial charge in [-0.25, -0.2) is 0 Å². The second-order valence-corrected chi connectivity index (χ2v) is 19.5. The highest BCUT2D eigenvalue weighted by molar-refractivity contribution is 6.74.